The van der Waals surface area contributed by atoms with Gasteiger partial charge in [0.1, 0.15) is 11.6 Å². The second kappa shape index (κ2) is 7.61. The number of rotatable bonds is 3. The van der Waals surface area contributed by atoms with Crippen molar-refractivity contribution < 1.29 is 14.0 Å². The molecule has 5 rings (SSSR count). The van der Waals surface area contributed by atoms with E-state index < -0.39 is 11.7 Å². The van der Waals surface area contributed by atoms with Gasteiger partial charge in [0, 0.05) is 37.3 Å². The molecule has 158 valence electrons. The lowest BCUT2D eigenvalue weighted by Gasteiger charge is -2.25. The fourth-order valence-corrected chi connectivity index (χ4v) is 4.57. The van der Waals surface area contributed by atoms with Crippen LogP contribution in [-0.4, -0.2) is 44.6 Å². The molecule has 0 spiro atoms. The summed E-state index contributed by atoms with van der Waals surface area (Å²) < 4.78 is 15.2. The molecule has 2 unspecified atom stereocenters. The van der Waals surface area contributed by atoms with E-state index in [9.17, 15) is 14.0 Å². The Balaban J connectivity index is 1.31. The van der Waals surface area contributed by atoms with Crippen molar-refractivity contribution in [3.8, 4) is 0 Å². The fraction of sp³-hybridized carbons (Fsp3) is 0.304. The van der Waals surface area contributed by atoms with Gasteiger partial charge < -0.3 is 14.8 Å². The van der Waals surface area contributed by atoms with Crippen LogP contribution in [0.2, 0.25) is 0 Å². The van der Waals surface area contributed by atoms with E-state index in [1.54, 1.807) is 6.07 Å². The first-order valence-electron chi connectivity index (χ1n) is 10.3. The van der Waals surface area contributed by atoms with E-state index in [4.69, 9.17) is 0 Å². The molecule has 3 heterocycles. The van der Waals surface area contributed by atoms with Gasteiger partial charge in [-0.15, -0.1) is 10.2 Å². The van der Waals surface area contributed by atoms with Crippen molar-refractivity contribution in [3.63, 3.8) is 0 Å². The molecule has 2 aromatic carbocycles. The standard InChI is InChI=1S/C23H22FN5O2/c1-14-4-2-5-15(8-14)23(31)28-11-16-9-20-26-27-21(29(20)13-17(16)12-28)22(30)25-19-7-3-6-18(24)10-19/h2-8,10,16-17H,9,11-13H2,1H3,(H,25,30). The van der Waals surface area contributed by atoms with E-state index in [0.717, 1.165) is 11.4 Å². The highest BCUT2D eigenvalue weighted by atomic mass is 19.1. The number of hydrogen-bond acceptors (Lipinski definition) is 4. The maximum absolute atomic E-state index is 13.4. The molecule has 3 aromatic rings. The van der Waals surface area contributed by atoms with E-state index in [1.807, 2.05) is 40.7 Å². The number of likely N-dealkylation sites (tertiary alicyclic amines) is 1. The Morgan fingerprint density at radius 2 is 1.84 bits per heavy atom. The lowest BCUT2D eigenvalue weighted by atomic mass is 9.89. The van der Waals surface area contributed by atoms with E-state index in [2.05, 4.69) is 15.5 Å². The second-order valence-corrected chi connectivity index (χ2v) is 8.32. The van der Waals surface area contributed by atoms with Gasteiger partial charge in [-0.25, -0.2) is 4.39 Å². The maximum Gasteiger partial charge on any atom is 0.293 e. The molecule has 2 atom stereocenters. The number of carbonyl (C=O) groups excluding carboxylic acids is 2. The minimum Gasteiger partial charge on any atom is -0.338 e. The summed E-state index contributed by atoms with van der Waals surface area (Å²) in [5, 5.41) is 11.0. The number of nitrogens with one attached hydrogen (secondary N) is 1. The lowest BCUT2D eigenvalue weighted by Crippen LogP contribution is -2.31. The summed E-state index contributed by atoms with van der Waals surface area (Å²) >= 11 is 0. The highest BCUT2D eigenvalue weighted by Crippen LogP contribution is 2.33. The maximum atomic E-state index is 13.4. The molecule has 7 nitrogen and oxygen atoms in total. The summed E-state index contributed by atoms with van der Waals surface area (Å²) in [7, 11) is 0. The molecular weight excluding hydrogens is 397 g/mol. The normalized spacial score (nSPS) is 19.6. The minimum atomic E-state index is -0.423. The first-order chi connectivity index (χ1) is 15.0. The molecular formula is C23H22FN5O2. The summed E-state index contributed by atoms with van der Waals surface area (Å²) in [5.74, 6) is 0.680. The molecule has 2 aliphatic rings. The minimum absolute atomic E-state index is 0.0398. The van der Waals surface area contributed by atoms with Gasteiger partial charge in [0.25, 0.3) is 11.8 Å². The molecule has 2 aliphatic heterocycles. The highest BCUT2D eigenvalue weighted by molar-refractivity contribution is 6.01. The third-order valence-corrected chi connectivity index (χ3v) is 6.10. The van der Waals surface area contributed by atoms with Gasteiger partial charge in [0.15, 0.2) is 0 Å². The molecule has 1 N–H and O–H groups in total. The van der Waals surface area contributed by atoms with Crippen molar-refractivity contribution >= 4 is 17.5 Å². The van der Waals surface area contributed by atoms with Crippen LogP contribution < -0.4 is 5.32 Å². The average molecular weight is 419 g/mol. The predicted octanol–water partition coefficient (Wildman–Crippen LogP) is 2.92. The van der Waals surface area contributed by atoms with Crippen LogP contribution in [0.1, 0.15) is 32.4 Å². The Morgan fingerprint density at radius 1 is 1.03 bits per heavy atom. The van der Waals surface area contributed by atoms with E-state index in [1.165, 1.54) is 18.2 Å². The van der Waals surface area contributed by atoms with Crippen LogP contribution >= 0.6 is 0 Å². The number of benzene rings is 2. The Labute approximate surface area is 178 Å². The Bertz CT molecular complexity index is 1170. The van der Waals surface area contributed by atoms with E-state index >= 15 is 0 Å². The fourth-order valence-electron chi connectivity index (χ4n) is 4.57. The van der Waals surface area contributed by atoms with Crippen LogP contribution in [0.25, 0.3) is 0 Å². The second-order valence-electron chi connectivity index (χ2n) is 8.32. The molecule has 1 fully saturated rings. The molecule has 1 aromatic heterocycles. The number of aromatic nitrogens is 3. The summed E-state index contributed by atoms with van der Waals surface area (Å²) in [6.07, 6.45) is 0.669. The van der Waals surface area contributed by atoms with Crippen molar-refractivity contribution in [2.45, 2.75) is 19.9 Å². The summed E-state index contributed by atoms with van der Waals surface area (Å²) in [4.78, 5) is 27.6. The van der Waals surface area contributed by atoms with Gasteiger partial charge in [0.05, 0.1) is 0 Å². The molecule has 0 saturated carbocycles. The number of hydrogen-bond donors (Lipinski definition) is 1. The van der Waals surface area contributed by atoms with Crippen LogP contribution in [0.5, 0.6) is 0 Å². The van der Waals surface area contributed by atoms with Crippen LogP contribution in [0.4, 0.5) is 10.1 Å². The van der Waals surface area contributed by atoms with Crippen LogP contribution in [0.15, 0.2) is 48.5 Å². The lowest BCUT2D eigenvalue weighted by molar-refractivity contribution is 0.0783. The topological polar surface area (TPSA) is 80.1 Å². The molecule has 8 heteroatoms. The number of aryl methyl sites for hydroxylation is 1. The van der Waals surface area contributed by atoms with Crippen LogP contribution in [0.3, 0.4) is 0 Å². The quantitative estimate of drug-likeness (QED) is 0.708. The first-order valence-corrected chi connectivity index (χ1v) is 10.3. The number of halogens is 1. The number of amides is 2. The summed E-state index contributed by atoms with van der Waals surface area (Å²) in [6, 6.07) is 13.4. The zero-order chi connectivity index (χ0) is 21.5. The van der Waals surface area contributed by atoms with Crippen LogP contribution in [-0.2, 0) is 13.0 Å². The molecule has 0 bridgehead atoms. The Kier molecular flexibility index (Phi) is 4.77. The number of fused-ring (bicyclic) bond motifs is 2. The predicted molar refractivity (Wildman–Crippen MR) is 112 cm³/mol. The molecule has 0 aliphatic carbocycles. The monoisotopic (exact) mass is 419 g/mol. The van der Waals surface area contributed by atoms with Gasteiger partial charge in [-0.3, -0.25) is 9.59 Å². The van der Waals surface area contributed by atoms with Crippen molar-refractivity contribution in [2.24, 2.45) is 11.8 Å². The van der Waals surface area contributed by atoms with E-state index in [0.29, 0.717) is 43.2 Å². The van der Waals surface area contributed by atoms with Crippen molar-refractivity contribution in [3.05, 3.63) is 77.1 Å². The number of nitrogens with zero attached hydrogens (tertiary/aromatic N) is 4. The number of anilines is 1. The summed E-state index contributed by atoms with van der Waals surface area (Å²) in [6.45, 7) is 3.87. The smallest absolute Gasteiger partial charge is 0.293 e. The third-order valence-electron chi connectivity index (χ3n) is 6.10. The number of carbonyl (C=O) groups is 2. The Morgan fingerprint density at radius 3 is 2.65 bits per heavy atom. The molecule has 2 amide bonds. The Hall–Kier alpha value is -3.55. The summed E-state index contributed by atoms with van der Waals surface area (Å²) in [5.41, 5.74) is 2.13. The third kappa shape index (κ3) is 3.69. The SMILES string of the molecule is Cc1cccc(C(=O)N2CC3Cc4nnc(C(=O)Nc5cccc(F)c5)n4CC3C2)c1. The van der Waals surface area contributed by atoms with Crippen LogP contribution in [0, 0.1) is 24.6 Å². The largest absolute Gasteiger partial charge is 0.338 e. The van der Waals surface area contributed by atoms with Crippen molar-refractivity contribution in [1.29, 1.82) is 0 Å². The zero-order valence-corrected chi connectivity index (χ0v) is 17.1. The average Bonchev–Trinajstić information content (AvgIpc) is 3.34. The molecule has 0 radical (unpaired) electrons. The zero-order valence-electron chi connectivity index (χ0n) is 17.1. The highest BCUT2D eigenvalue weighted by Gasteiger charge is 2.40. The van der Waals surface area contributed by atoms with Gasteiger partial charge in [-0.2, -0.15) is 0 Å². The van der Waals surface area contributed by atoms with Gasteiger partial charge >= 0.3 is 0 Å². The molecule has 1 saturated heterocycles. The van der Waals surface area contributed by atoms with Gasteiger partial charge in [-0.1, -0.05) is 23.8 Å². The van der Waals surface area contributed by atoms with Gasteiger partial charge in [0.2, 0.25) is 5.82 Å². The van der Waals surface area contributed by atoms with Crippen molar-refractivity contribution in [1.82, 2.24) is 19.7 Å². The molecule has 31 heavy (non-hydrogen) atoms. The van der Waals surface area contributed by atoms with E-state index in [-0.39, 0.29) is 17.6 Å². The van der Waals surface area contributed by atoms with Crippen molar-refractivity contribution in [2.75, 3.05) is 18.4 Å². The first kappa shape index (κ1) is 19.4. The van der Waals surface area contributed by atoms with Gasteiger partial charge in [-0.05, 0) is 49.1 Å².